The third kappa shape index (κ3) is 6.58. The number of aromatic nitrogens is 1. The number of ether oxygens (including phenoxy) is 1. The van der Waals surface area contributed by atoms with Gasteiger partial charge in [-0.1, -0.05) is 45.0 Å². The fourth-order valence-corrected chi connectivity index (χ4v) is 5.56. The van der Waals surface area contributed by atoms with E-state index in [-0.39, 0.29) is 24.8 Å². The van der Waals surface area contributed by atoms with E-state index in [1.807, 2.05) is 57.5 Å². The Morgan fingerprint density at radius 2 is 1.97 bits per heavy atom. The van der Waals surface area contributed by atoms with Crippen LogP contribution >= 0.6 is 11.3 Å². The highest BCUT2D eigenvalue weighted by atomic mass is 32.1. The van der Waals surface area contributed by atoms with Gasteiger partial charge in [-0.15, -0.1) is 11.3 Å². The van der Waals surface area contributed by atoms with Gasteiger partial charge in [0, 0.05) is 32.6 Å². The number of morpholine rings is 1. The van der Waals surface area contributed by atoms with Gasteiger partial charge >= 0.3 is 0 Å². The molecule has 38 heavy (non-hydrogen) atoms. The topological polar surface area (TPSA) is 133 Å². The summed E-state index contributed by atoms with van der Waals surface area (Å²) in [6.45, 7) is 9.32. The second-order valence-corrected chi connectivity index (χ2v) is 11.8. The lowest BCUT2D eigenvalue weighted by Gasteiger charge is -2.36. The molecule has 0 radical (unpaired) electrons. The van der Waals surface area contributed by atoms with E-state index in [1.54, 1.807) is 11.3 Å². The summed E-state index contributed by atoms with van der Waals surface area (Å²) in [5.74, 6) is -1.10. The number of nitrogens with one attached hydrogen (secondary N) is 3. The van der Waals surface area contributed by atoms with Crippen LogP contribution in [-0.4, -0.2) is 83.2 Å². The Hall–Kier alpha value is -2.86. The molecule has 1 aromatic carbocycles. The number of hydrogen-bond donors (Lipinski definition) is 4. The summed E-state index contributed by atoms with van der Waals surface area (Å²) >= 11 is 1.58. The average molecular weight is 544 g/mol. The highest BCUT2D eigenvalue weighted by Crippen LogP contribution is 2.28. The second kappa shape index (κ2) is 11.9. The second-order valence-electron chi connectivity index (χ2n) is 10.9. The first kappa shape index (κ1) is 28.2. The number of likely N-dealkylation sites (tertiary alicyclic amines) is 1. The molecule has 0 saturated carbocycles. The molecule has 11 heteroatoms. The van der Waals surface area contributed by atoms with Crippen molar-refractivity contribution in [2.45, 2.75) is 65.0 Å². The molecule has 4 N–H and O–H groups in total. The van der Waals surface area contributed by atoms with Gasteiger partial charge in [0.1, 0.15) is 18.2 Å². The van der Waals surface area contributed by atoms with Crippen molar-refractivity contribution in [1.29, 1.82) is 0 Å². The Labute approximate surface area is 227 Å². The van der Waals surface area contributed by atoms with Gasteiger partial charge in [-0.05, 0) is 23.5 Å². The first-order valence-electron chi connectivity index (χ1n) is 12.9. The van der Waals surface area contributed by atoms with Crippen LogP contribution in [-0.2, 0) is 25.7 Å². The normalized spacial score (nSPS) is 22.7. The molecular formula is C27H37N5O5S. The smallest absolute Gasteiger partial charge is 0.251 e. The van der Waals surface area contributed by atoms with E-state index < -0.39 is 35.6 Å². The number of β-amino-alcohol motifs (C(OH)–C–C–N with tert-alkyl or cyclic N) is 1. The van der Waals surface area contributed by atoms with E-state index in [0.29, 0.717) is 26.2 Å². The van der Waals surface area contributed by atoms with Crippen molar-refractivity contribution in [3.05, 3.63) is 41.0 Å². The lowest BCUT2D eigenvalue weighted by atomic mass is 9.85. The molecule has 0 bridgehead atoms. The minimum absolute atomic E-state index is 0.0315. The average Bonchev–Trinajstić information content (AvgIpc) is 3.50. The molecule has 206 valence electrons. The lowest BCUT2D eigenvalue weighted by Crippen LogP contribution is -2.60. The summed E-state index contributed by atoms with van der Waals surface area (Å²) in [7, 11) is 0. The number of nitrogens with zero attached hydrogens (tertiary/aromatic N) is 2. The monoisotopic (exact) mass is 543 g/mol. The van der Waals surface area contributed by atoms with Crippen LogP contribution in [0, 0.1) is 12.3 Å². The van der Waals surface area contributed by atoms with Crippen LogP contribution in [0.4, 0.5) is 0 Å². The molecular weight excluding hydrogens is 506 g/mol. The first-order chi connectivity index (χ1) is 18.0. The van der Waals surface area contributed by atoms with Crippen molar-refractivity contribution in [3.63, 3.8) is 0 Å². The summed E-state index contributed by atoms with van der Waals surface area (Å²) in [4.78, 5) is 46.5. The van der Waals surface area contributed by atoms with Gasteiger partial charge in [-0.25, -0.2) is 4.98 Å². The lowest BCUT2D eigenvalue weighted by molar-refractivity contribution is -0.146. The standard InChI is InChI=1S/C27H37N5O5S/c1-16-22(38-15-30-16)18-7-5-17(6-8-18)12-29-24(34)20-11-19(33)14-32(20)26(36)23(27(2,3)4)31-25(35)21-13-28-9-10-37-21/h5-8,15,19-21,23,28,33H,9-14H2,1-4H3,(H,29,34)(H,31,35)/t19-,20+,21+,23?/m1/s1. The third-order valence-corrected chi connectivity index (χ3v) is 7.89. The van der Waals surface area contributed by atoms with Gasteiger partial charge in [-0.2, -0.15) is 0 Å². The Morgan fingerprint density at radius 1 is 1.24 bits per heavy atom. The van der Waals surface area contributed by atoms with Gasteiger partial charge in [0.15, 0.2) is 0 Å². The van der Waals surface area contributed by atoms with Crippen LogP contribution in [0.3, 0.4) is 0 Å². The van der Waals surface area contributed by atoms with Crippen LogP contribution < -0.4 is 16.0 Å². The summed E-state index contributed by atoms with van der Waals surface area (Å²) in [6, 6.07) is 6.19. The minimum atomic E-state index is -0.885. The summed E-state index contributed by atoms with van der Waals surface area (Å²) in [5, 5.41) is 19.2. The molecule has 10 nitrogen and oxygen atoms in total. The van der Waals surface area contributed by atoms with Crippen molar-refractivity contribution in [3.8, 4) is 10.4 Å². The number of rotatable bonds is 7. The molecule has 2 fully saturated rings. The first-order valence-corrected chi connectivity index (χ1v) is 13.8. The van der Waals surface area contributed by atoms with Crippen molar-refractivity contribution < 1.29 is 24.2 Å². The van der Waals surface area contributed by atoms with Crippen molar-refractivity contribution in [2.24, 2.45) is 5.41 Å². The third-order valence-electron chi connectivity index (χ3n) is 6.91. The van der Waals surface area contributed by atoms with Crippen LogP contribution in [0.25, 0.3) is 10.4 Å². The maximum atomic E-state index is 13.7. The van der Waals surface area contributed by atoms with Crippen LogP contribution in [0.15, 0.2) is 29.8 Å². The fraction of sp³-hybridized carbons (Fsp3) is 0.556. The molecule has 2 aromatic rings. The van der Waals surface area contributed by atoms with E-state index in [4.69, 9.17) is 4.74 Å². The molecule has 3 heterocycles. The zero-order valence-corrected chi connectivity index (χ0v) is 23.1. The maximum absolute atomic E-state index is 13.7. The van der Waals surface area contributed by atoms with Crippen molar-refractivity contribution >= 4 is 29.1 Å². The molecule has 1 aromatic heterocycles. The van der Waals surface area contributed by atoms with Crippen LogP contribution in [0.5, 0.6) is 0 Å². The highest BCUT2D eigenvalue weighted by molar-refractivity contribution is 7.13. The predicted octanol–water partition coefficient (Wildman–Crippen LogP) is 1.22. The molecule has 1 unspecified atom stereocenters. The number of hydrogen-bond acceptors (Lipinski definition) is 8. The van der Waals surface area contributed by atoms with Gasteiger partial charge in [0.25, 0.3) is 5.91 Å². The van der Waals surface area contributed by atoms with E-state index in [1.165, 1.54) is 4.90 Å². The maximum Gasteiger partial charge on any atom is 0.251 e. The summed E-state index contributed by atoms with van der Waals surface area (Å²) in [5.41, 5.74) is 4.16. The molecule has 2 aliphatic rings. The SMILES string of the molecule is Cc1ncsc1-c1ccc(CNC(=O)[C@@H]2C[C@@H](O)CN2C(=O)C(NC(=O)[C@@H]2CNCCO2)C(C)(C)C)cc1. The number of amides is 3. The highest BCUT2D eigenvalue weighted by Gasteiger charge is 2.45. The molecule has 3 amide bonds. The van der Waals surface area contributed by atoms with Crippen molar-refractivity contribution in [2.75, 3.05) is 26.2 Å². The predicted molar refractivity (Wildman–Crippen MR) is 144 cm³/mol. The number of benzene rings is 1. The van der Waals surface area contributed by atoms with E-state index in [9.17, 15) is 19.5 Å². The number of aliphatic hydroxyl groups is 1. The molecule has 4 rings (SSSR count). The van der Waals surface area contributed by atoms with Gasteiger partial charge < -0.3 is 30.7 Å². The Kier molecular flexibility index (Phi) is 8.81. The van der Waals surface area contributed by atoms with Crippen LogP contribution in [0.1, 0.15) is 38.4 Å². The number of carbonyl (C=O) groups excluding carboxylic acids is 3. The molecule has 4 atom stereocenters. The number of carbonyl (C=O) groups is 3. The quantitative estimate of drug-likeness (QED) is 0.413. The van der Waals surface area contributed by atoms with Gasteiger partial charge in [-0.3, -0.25) is 14.4 Å². The Morgan fingerprint density at radius 3 is 2.58 bits per heavy atom. The molecule has 0 spiro atoms. The van der Waals surface area contributed by atoms with Gasteiger partial charge in [0.05, 0.1) is 28.8 Å². The number of aryl methyl sites for hydroxylation is 1. The molecule has 2 saturated heterocycles. The van der Waals surface area contributed by atoms with E-state index >= 15 is 0 Å². The zero-order valence-electron chi connectivity index (χ0n) is 22.3. The largest absolute Gasteiger partial charge is 0.391 e. The zero-order chi connectivity index (χ0) is 27.4. The van der Waals surface area contributed by atoms with E-state index in [0.717, 1.165) is 21.7 Å². The Bertz CT molecular complexity index is 1140. The van der Waals surface area contributed by atoms with Crippen molar-refractivity contribution in [1.82, 2.24) is 25.8 Å². The van der Waals surface area contributed by atoms with Gasteiger partial charge in [0.2, 0.25) is 11.8 Å². The molecule has 0 aliphatic carbocycles. The minimum Gasteiger partial charge on any atom is -0.391 e. The molecule has 2 aliphatic heterocycles. The summed E-state index contributed by atoms with van der Waals surface area (Å²) < 4.78 is 5.54. The number of thiazole rings is 1. The number of aliphatic hydroxyl groups excluding tert-OH is 1. The fourth-order valence-electron chi connectivity index (χ4n) is 4.75. The summed E-state index contributed by atoms with van der Waals surface area (Å²) in [6.07, 6.45) is -1.36. The van der Waals surface area contributed by atoms with Crippen LogP contribution in [0.2, 0.25) is 0 Å². The van der Waals surface area contributed by atoms with E-state index in [2.05, 4.69) is 20.9 Å². The Balaban J connectivity index is 1.41.